The van der Waals surface area contributed by atoms with Gasteiger partial charge in [0.2, 0.25) is 0 Å². The van der Waals surface area contributed by atoms with Crippen LogP contribution in [0.4, 0.5) is 4.79 Å². The van der Waals surface area contributed by atoms with Crippen LogP contribution in [-0.2, 0) is 4.74 Å². The smallest absolute Gasteiger partial charge is 0.424 e. The fraction of sp³-hybridized carbons (Fsp3) is 0.875. The summed E-state index contributed by atoms with van der Waals surface area (Å²) >= 11 is 0. The summed E-state index contributed by atoms with van der Waals surface area (Å²) in [6.07, 6.45) is 1.37. The zero-order valence-electron chi connectivity index (χ0n) is 8.04. The van der Waals surface area contributed by atoms with Gasteiger partial charge in [-0.25, -0.2) is 15.6 Å². The second kappa shape index (κ2) is 5.83. The second-order valence-corrected chi connectivity index (χ2v) is 2.98. The predicted octanol–water partition coefficient (Wildman–Crippen LogP) is 1.51. The molecule has 0 aromatic rings. The molecule has 0 aromatic carbocycles. The van der Waals surface area contributed by atoms with Gasteiger partial charge in [-0.1, -0.05) is 13.3 Å². The maximum Gasteiger partial charge on any atom is 0.424 e. The van der Waals surface area contributed by atoms with Crippen LogP contribution in [-0.4, -0.2) is 23.8 Å². The fourth-order valence-corrected chi connectivity index (χ4v) is 0.689. The van der Waals surface area contributed by atoms with Gasteiger partial charge in [0.05, 0.1) is 6.10 Å². The van der Waals surface area contributed by atoms with Crippen molar-refractivity contribution in [2.45, 2.75) is 39.7 Å². The molecule has 0 fully saturated rings. The summed E-state index contributed by atoms with van der Waals surface area (Å²) in [5, 5.41) is 1.11. The minimum atomic E-state index is -0.446. The lowest BCUT2D eigenvalue weighted by Crippen LogP contribution is -2.39. The summed E-state index contributed by atoms with van der Waals surface area (Å²) in [6, 6.07) is 0. The van der Waals surface area contributed by atoms with Crippen LogP contribution in [0.5, 0.6) is 0 Å². The molecule has 0 aliphatic rings. The van der Waals surface area contributed by atoms with Crippen molar-refractivity contribution in [3.8, 4) is 0 Å². The molecule has 4 nitrogen and oxygen atoms in total. The number of carbonyl (C=O) groups is 1. The monoisotopic (exact) mass is 174 g/mol. The number of unbranched alkanes of at least 4 members (excludes halogenated alkanes) is 1. The van der Waals surface area contributed by atoms with E-state index in [4.69, 9.17) is 10.6 Å². The Morgan fingerprint density at radius 2 is 2.17 bits per heavy atom. The van der Waals surface area contributed by atoms with Gasteiger partial charge in [-0.05, 0) is 20.3 Å². The van der Waals surface area contributed by atoms with Crippen molar-refractivity contribution < 1.29 is 9.53 Å². The van der Waals surface area contributed by atoms with Gasteiger partial charge in [0, 0.05) is 6.54 Å². The van der Waals surface area contributed by atoms with Gasteiger partial charge in [-0.3, -0.25) is 0 Å². The number of hydrogen-bond acceptors (Lipinski definition) is 3. The van der Waals surface area contributed by atoms with Crippen molar-refractivity contribution in [1.82, 2.24) is 5.01 Å². The molecule has 0 spiro atoms. The highest BCUT2D eigenvalue weighted by atomic mass is 16.6. The van der Waals surface area contributed by atoms with Crippen molar-refractivity contribution in [3.63, 3.8) is 0 Å². The largest absolute Gasteiger partial charge is 0.446 e. The molecule has 0 aliphatic heterocycles. The molecule has 0 aliphatic carbocycles. The third-order valence-electron chi connectivity index (χ3n) is 1.32. The number of rotatable bonds is 4. The van der Waals surface area contributed by atoms with Crippen LogP contribution >= 0.6 is 0 Å². The van der Waals surface area contributed by atoms with Crippen LogP contribution in [0.15, 0.2) is 0 Å². The quantitative estimate of drug-likeness (QED) is 0.399. The van der Waals surface area contributed by atoms with E-state index in [1.807, 2.05) is 6.92 Å². The Balaban J connectivity index is 3.61. The number of hydrazine groups is 1. The molecule has 0 bridgehead atoms. The molecule has 1 amide bonds. The lowest BCUT2D eigenvalue weighted by Gasteiger charge is -2.17. The fourth-order valence-electron chi connectivity index (χ4n) is 0.689. The summed E-state index contributed by atoms with van der Waals surface area (Å²) in [4.78, 5) is 11.0. The first kappa shape index (κ1) is 11.2. The van der Waals surface area contributed by atoms with E-state index in [0.717, 1.165) is 17.9 Å². The topological polar surface area (TPSA) is 55.6 Å². The third kappa shape index (κ3) is 4.96. The molecule has 12 heavy (non-hydrogen) atoms. The standard InChI is InChI=1S/C8H18N2O2/c1-4-5-6-10(9)8(11)12-7(2)3/h7H,4-6,9H2,1-3H3. The zero-order valence-corrected chi connectivity index (χ0v) is 8.04. The molecule has 0 saturated heterocycles. The highest BCUT2D eigenvalue weighted by Gasteiger charge is 2.10. The average Bonchev–Trinajstić information content (AvgIpc) is 1.98. The number of amides is 1. The zero-order chi connectivity index (χ0) is 9.56. The number of nitrogens with two attached hydrogens (primary N) is 1. The van der Waals surface area contributed by atoms with E-state index >= 15 is 0 Å². The molecule has 0 heterocycles. The summed E-state index contributed by atoms with van der Waals surface area (Å²) in [5.74, 6) is 5.41. The highest BCUT2D eigenvalue weighted by Crippen LogP contribution is 1.96. The van der Waals surface area contributed by atoms with Gasteiger partial charge in [-0.15, -0.1) is 0 Å². The van der Waals surface area contributed by atoms with Crippen molar-refractivity contribution in [2.24, 2.45) is 5.84 Å². The van der Waals surface area contributed by atoms with E-state index in [1.165, 1.54) is 0 Å². The van der Waals surface area contributed by atoms with E-state index < -0.39 is 6.09 Å². The Labute approximate surface area is 73.6 Å². The summed E-state index contributed by atoms with van der Waals surface area (Å²) in [5.41, 5.74) is 0. The molecular weight excluding hydrogens is 156 g/mol. The highest BCUT2D eigenvalue weighted by molar-refractivity contribution is 5.66. The minimum Gasteiger partial charge on any atom is -0.446 e. The average molecular weight is 174 g/mol. The maximum atomic E-state index is 11.0. The normalized spacial score (nSPS) is 10.1. The summed E-state index contributed by atoms with van der Waals surface area (Å²) in [6.45, 7) is 6.20. The van der Waals surface area contributed by atoms with Gasteiger partial charge in [-0.2, -0.15) is 0 Å². The Morgan fingerprint density at radius 1 is 1.58 bits per heavy atom. The first-order valence-electron chi connectivity index (χ1n) is 4.30. The van der Waals surface area contributed by atoms with E-state index in [0.29, 0.717) is 6.54 Å². The van der Waals surface area contributed by atoms with Crippen LogP contribution in [0.25, 0.3) is 0 Å². The third-order valence-corrected chi connectivity index (χ3v) is 1.32. The number of ether oxygens (including phenoxy) is 1. The number of carbonyl (C=O) groups excluding carboxylic acids is 1. The summed E-state index contributed by atoms with van der Waals surface area (Å²) in [7, 11) is 0. The molecule has 0 saturated carbocycles. The van der Waals surface area contributed by atoms with Gasteiger partial charge in [0.15, 0.2) is 0 Å². The molecule has 0 radical (unpaired) electrons. The Kier molecular flexibility index (Phi) is 5.45. The van der Waals surface area contributed by atoms with Gasteiger partial charge < -0.3 is 4.74 Å². The van der Waals surface area contributed by atoms with E-state index in [2.05, 4.69) is 0 Å². The van der Waals surface area contributed by atoms with Crippen LogP contribution in [0.3, 0.4) is 0 Å². The van der Waals surface area contributed by atoms with Crippen LogP contribution in [0.2, 0.25) is 0 Å². The molecular formula is C8H18N2O2. The van der Waals surface area contributed by atoms with E-state index in [9.17, 15) is 4.79 Å². The number of hydrogen-bond donors (Lipinski definition) is 1. The first-order chi connectivity index (χ1) is 5.57. The van der Waals surface area contributed by atoms with Gasteiger partial charge in [0.25, 0.3) is 0 Å². The van der Waals surface area contributed by atoms with Crippen molar-refractivity contribution >= 4 is 6.09 Å². The van der Waals surface area contributed by atoms with Crippen LogP contribution < -0.4 is 5.84 Å². The Bertz CT molecular complexity index is 137. The van der Waals surface area contributed by atoms with E-state index in [1.54, 1.807) is 13.8 Å². The van der Waals surface area contributed by atoms with Crippen LogP contribution in [0, 0.1) is 0 Å². The minimum absolute atomic E-state index is 0.106. The molecule has 0 atom stereocenters. The lowest BCUT2D eigenvalue weighted by molar-refractivity contribution is 0.0763. The van der Waals surface area contributed by atoms with Crippen molar-refractivity contribution in [1.29, 1.82) is 0 Å². The van der Waals surface area contributed by atoms with Crippen LogP contribution in [0.1, 0.15) is 33.6 Å². The van der Waals surface area contributed by atoms with Crippen molar-refractivity contribution in [3.05, 3.63) is 0 Å². The van der Waals surface area contributed by atoms with E-state index in [-0.39, 0.29) is 6.10 Å². The second-order valence-electron chi connectivity index (χ2n) is 2.98. The summed E-state index contributed by atoms with van der Waals surface area (Å²) < 4.78 is 4.87. The Hall–Kier alpha value is -0.770. The molecule has 0 unspecified atom stereocenters. The molecule has 2 N–H and O–H groups in total. The van der Waals surface area contributed by atoms with Gasteiger partial charge in [0.1, 0.15) is 0 Å². The maximum absolute atomic E-state index is 11.0. The molecule has 0 rings (SSSR count). The van der Waals surface area contributed by atoms with Gasteiger partial charge >= 0.3 is 6.09 Å². The first-order valence-corrected chi connectivity index (χ1v) is 4.30. The number of nitrogens with zero attached hydrogens (tertiary/aromatic N) is 1. The molecule has 0 aromatic heterocycles. The predicted molar refractivity (Wildman–Crippen MR) is 47.4 cm³/mol. The SMILES string of the molecule is CCCCN(N)C(=O)OC(C)C. The lowest BCUT2D eigenvalue weighted by atomic mass is 10.3. The molecule has 72 valence electrons. The van der Waals surface area contributed by atoms with Crippen molar-refractivity contribution in [2.75, 3.05) is 6.54 Å². The Morgan fingerprint density at radius 3 is 2.58 bits per heavy atom. The molecule has 4 heteroatoms.